The van der Waals surface area contributed by atoms with Gasteiger partial charge in [0.05, 0.1) is 26.4 Å². The number of ether oxygens (including phenoxy) is 4. The van der Waals surface area contributed by atoms with E-state index < -0.39 is 11.9 Å². The molecule has 0 aromatic heterocycles. The lowest BCUT2D eigenvalue weighted by molar-refractivity contribution is -0.124. The van der Waals surface area contributed by atoms with Gasteiger partial charge < -0.3 is 24.3 Å². The average Bonchev–Trinajstić information content (AvgIpc) is 2.74. The largest absolute Gasteiger partial charge is 0.493 e. The molecule has 0 aliphatic rings. The molecular weight excluding hydrogens is 374 g/mol. The van der Waals surface area contributed by atoms with Crippen LogP contribution in [-0.2, 0) is 16.1 Å². The predicted molar refractivity (Wildman–Crippen MR) is 108 cm³/mol. The number of carbonyl (C=O) groups is 2. The third-order valence-electron chi connectivity index (χ3n) is 3.95. The first-order chi connectivity index (χ1) is 13.9. The van der Waals surface area contributed by atoms with Crippen LogP contribution < -0.4 is 19.5 Å². The molecule has 0 saturated heterocycles. The lowest BCUT2D eigenvalue weighted by atomic mass is 10.2. The molecule has 0 radical (unpaired) electrons. The van der Waals surface area contributed by atoms with Crippen molar-refractivity contribution in [1.82, 2.24) is 5.32 Å². The quantitative estimate of drug-likeness (QED) is 0.616. The molecule has 0 unspecified atom stereocenters. The summed E-state index contributed by atoms with van der Waals surface area (Å²) in [7, 11) is 3.10. The molecular formula is C22H27NO6. The summed E-state index contributed by atoms with van der Waals surface area (Å²) in [5.74, 6) is 1.32. The van der Waals surface area contributed by atoms with E-state index in [9.17, 15) is 9.59 Å². The van der Waals surface area contributed by atoms with E-state index in [4.69, 9.17) is 18.9 Å². The Morgan fingerprint density at radius 3 is 2.28 bits per heavy atom. The van der Waals surface area contributed by atoms with Crippen LogP contribution in [0.25, 0.3) is 0 Å². The zero-order valence-corrected chi connectivity index (χ0v) is 17.2. The van der Waals surface area contributed by atoms with Crippen molar-refractivity contribution >= 4 is 11.9 Å². The molecule has 29 heavy (non-hydrogen) atoms. The monoisotopic (exact) mass is 401 g/mol. The van der Waals surface area contributed by atoms with Crippen LogP contribution >= 0.6 is 0 Å². The number of esters is 1. The highest BCUT2D eigenvalue weighted by molar-refractivity contribution is 5.91. The second-order valence-corrected chi connectivity index (χ2v) is 6.77. The van der Waals surface area contributed by atoms with E-state index in [1.807, 2.05) is 6.07 Å². The zero-order valence-electron chi connectivity index (χ0n) is 17.2. The zero-order chi connectivity index (χ0) is 21.2. The smallest absolute Gasteiger partial charge is 0.338 e. The van der Waals surface area contributed by atoms with Crippen molar-refractivity contribution in [3.63, 3.8) is 0 Å². The maximum absolute atomic E-state index is 12.1. The Balaban J connectivity index is 1.79. The van der Waals surface area contributed by atoms with Crippen LogP contribution in [0.3, 0.4) is 0 Å². The molecule has 2 rings (SSSR count). The van der Waals surface area contributed by atoms with Gasteiger partial charge in [-0.2, -0.15) is 0 Å². The Kier molecular flexibility index (Phi) is 8.33. The van der Waals surface area contributed by atoms with Crippen molar-refractivity contribution in [1.29, 1.82) is 0 Å². The van der Waals surface area contributed by atoms with Crippen LogP contribution in [-0.4, -0.2) is 39.3 Å². The maximum Gasteiger partial charge on any atom is 0.338 e. The van der Waals surface area contributed by atoms with Gasteiger partial charge in [-0.05, 0) is 47.9 Å². The summed E-state index contributed by atoms with van der Waals surface area (Å²) in [6.45, 7) is 4.63. The number of amides is 1. The molecule has 0 saturated carbocycles. The third-order valence-corrected chi connectivity index (χ3v) is 3.95. The van der Waals surface area contributed by atoms with Crippen LogP contribution in [0.4, 0.5) is 0 Å². The van der Waals surface area contributed by atoms with E-state index in [0.717, 1.165) is 5.56 Å². The molecule has 2 aromatic rings. The number of hydrogen-bond donors (Lipinski definition) is 1. The van der Waals surface area contributed by atoms with Crippen LogP contribution in [0.1, 0.15) is 29.8 Å². The van der Waals surface area contributed by atoms with Gasteiger partial charge in [0.15, 0.2) is 18.1 Å². The highest BCUT2D eigenvalue weighted by atomic mass is 16.5. The van der Waals surface area contributed by atoms with Crippen LogP contribution in [0.15, 0.2) is 42.5 Å². The molecule has 156 valence electrons. The minimum Gasteiger partial charge on any atom is -0.493 e. The van der Waals surface area contributed by atoms with E-state index in [2.05, 4.69) is 19.2 Å². The van der Waals surface area contributed by atoms with Gasteiger partial charge in [-0.25, -0.2) is 4.79 Å². The molecule has 0 bridgehead atoms. The van der Waals surface area contributed by atoms with E-state index in [-0.39, 0.29) is 13.2 Å². The van der Waals surface area contributed by atoms with Gasteiger partial charge in [0.25, 0.3) is 5.91 Å². The molecule has 2 aromatic carbocycles. The number of hydrogen-bond acceptors (Lipinski definition) is 6. The van der Waals surface area contributed by atoms with E-state index in [1.165, 1.54) is 0 Å². The molecule has 0 fully saturated rings. The Morgan fingerprint density at radius 2 is 1.66 bits per heavy atom. The first-order valence-corrected chi connectivity index (χ1v) is 9.30. The number of benzene rings is 2. The fourth-order valence-electron chi connectivity index (χ4n) is 2.41. The van der Waals surface area contributed by atoms with Gasteiger partial charge >= 0.3 is 5.97 Å². The van der Waals surface area contributed by atoms with E-state index >= 15 is 0 Å². The average molecular weight is 401 g/mol. The summed E-state index contributed by atoms with van der Waals surface area (Å²) in [6.07, 6.45) is 0. The minimum absolute atomic E-state index is 0.276. The van der Waals surface area contributed by atoms with Gasteiger partial charge in [0.1, 0.15) is 5.75 Å². The lowest BCUT2D eigenvalue weighted by Gasteiger charge is -2.11. The number of methoxy groups -OCH3 is 2. The van der Waals surface area contributed by atoms with Crippen molar-refractivity contribution in [2.24, 2.45) is 5.92 Å². The molecule has 0 aliphatic heterocycles. The molecule has 0 aliphatic carbocycles. The van der Waals surface area contributed by atoms with Gasteiger partial charge in [0.2, 0.25) is 0 Å². The summed E-state index contributed by atoms with van der Waals surface area (Å²) in [4.78, 5) is 24.0. The standard InChI is InChI=1S/C22H27NO6/c1-15(2)13-28-18-8-6-17(7-9-18)22(25)29-14-21(24)23-12-16-5-10-19(26-3)20(11-16)27-4/h5-11,15H,12-14H2,1-4H3,(H,23,24). The first-order valence-electron chi connectivity index (χ1n) is 9.30. The van der Waals surface area contributed by atoms with Crippen molar-refractivity contribution in [2.45, 2.75) is 20.4 Å². The second-order valence-electron chi connectivity index (χ2n) is 6.77. The second kappa shape index (κ2) is 10.9. The normalized spacial score (nSPS) is 10.4. The summed E-state index contributed by atoms with van der Waals surface area (Å²) in [5, 5.41) is 2.70. The van der Waals surface area contributed by atoms with Gasteiger partial charge in [-0.1, -0.05) is 19.9 Å². The molecule has 7 heteroatoms. The summed E-state index contributed by atoms with van der Waals surface area (Å²) >= 11 is 0. The molecule has 0 heterocycles. The van der Waals surface area contributed by atoms with Gasteiger partial charge in [-0.3, -0.25) is 4.79 Å². The highest BCUT2D eigenvalue weighted by Gasteiger charge is 2.11. The minimum atomic E-state index is -0.568. The van der Waals surface area contributed by atoms with Crippen molar-refractivity contribution in [3.05, 3.63) is 53.6 Å². The lowest BCUT2D eigenvalue weighted by Crippen LogP contribution is -2.28. The van der Waals surface area contributed by atoms with Crippen LogP contribution in [0.5, 0.6) is 17.2 Å². The molecule has 1 amide bonds. The first kappa shape index (κ1) is 22.1. The number of carbonyl (C=O) groups excluding carboxylic acids is 2. The van der Waals surface area contributed by atoms with Crippen molar-refractivity contribution in [3.8, 4) is 17.2 Å². The molecule has 7 nitrogen and oxygen atoms in total. The Bertz CT molecular complexity index is 817. The Labute approximate surface area is 170 Å². The summed E-state index contributed by atoms with van der Waals surface area (Å²) in [6, 6.07) is 12.0. The predicted octanol–water partition coefficient (Wildman–Crippen LogP) is 3.21. The van der Waals surface area contributed by atoms with Crippen LogP contribution in [0, 0.1) is 5.92 Å². The van der Waals surface area contributed by atoms with Gasteiger partial charge in [0, 0.05) is 6.54 Å². The molecule has 1 N–H and O–H groups in total. The number of nitrogens with one attached hydrogen (secondary N) is 1. The molecule has 0 spiro atoms. The SMILES string of the molecule is COc1ccc(CNC(=O)COC(=O)c2ccc(OCC(C)C)cc2)cc1OC. The van der Waals surface area contributed by atoms with E-state index in [1.54, 1.807) is 50.6 Å². The maximum atomic E-state index is 12.1. The topological polar surface area (TPSA) is 83.1 Å². The fraction of sp³-hybridized carbons (Fsp3) is 0.364. The number of rotatable bonds is 10. The molecule has 0 atom stereocenters. The van der Waals surface area contributed by atoms with Crippen molar-refractivity contribution < 1.29 is 28.5 Å². The highest BCUT2D eigenvalue weighted by Crippen LogP contribution is 2.27. The fourth-order valence-corrected chi connectivity index (χ4v) is 2.41. The Morgan fingerprint density at radius 1 is 0.966 bits per heavy atom. The van der Waals surface area contributed by atoms with Crippen molar-refractivity contribution in [2.75, 3.05) is 27.4 Å². The van der Waals surface area contributed by atoms with E-state index in [0.29, 0.717) is 35.3 Å². The summed E-state index contributed by atoms with van der Waals surface area (Å²) in [5.41, 5.74) is 1.19. The van der Waals surface area contributed by atoms with Gasteiger partial charge in [-0.15, -0.1) is 0 Å². The van der Waals surface area contributed by atoms with Crippen LogP contribution in [0.2, 0.25) is 0 Å². The Hall–Kier alpha value is -3.22. The summed E-state index contributed by atoms with van der Waals surface area (Å²) < 4.78 is 21.0. The third kappa shape index (κ3) is 7.03.